The van der Waals surface area contributed by atoms with E-state index in [2.05, 4.69) is 20.9 Å². The normalized spacial score (nSPS) is 21.1. The molecule has 0 aromatic heterocycles. The first-order valence-electron chi connectivity index (χ1n) is 13.7. The quantitative estimate of drug-likeness (QED) is 0.370. The van der Waals surface area contributed by atoms with Crippen molar-refractivity contribution in [2.45, 2.75) is 31.6 Å². The Hall–Kier alpha value is -4.00. The molecule has 12 nitrogen and oxygen atoms in total. The molecule has 0 saturated carbocycles. The number of hydrogen-bond acceptors (Lipinski definition) is 8. The number of amides is 4. The van der Waals surface area contributed by atoms with E-state index in [9.17, 15) is 24.3 Å². The second-order valence-corrected chi connectivity index (χ2v) is 10.1. The molecule has 0 bridgehead atoms. The van der Waals surface area contributed by atoms with Gasteiger partial charge in [0.25, 0.3) is 5.91 Å². The fourth-order valence-electron chi connectivity index (χ4n) is 4.69. The third-order valence-corrected chi connectivity index (χ3v) is 6.99. The zero-order valence-electron chi connectivity index (χ0n) is 23.1. The molecule has 0 spiro atoms. The van der Waals surface area contributed by atoms with Crippen LogP contribution in [0.5, 0.6) is 5.75 Å². The molecule has 2 aliphatic heterocycles. The van der Waals surface area contributed by atoms with Crippen molar-refractivity contribution < 1.29 is 33.8 Å². The van der Waals surface area contributed by atoms with Crippen LogP contribution < -0.4 is 20.7 Å². The van der Waals surface area contributed by atoms with Gasteiger partial charge in [0.05, 0.1) is 38.3 Å². The number of fused-ring (bicyclic) bond motifs is 1. The van der Waals surface area contributed by atoms with E-state index in [0.717, 1.165) is 30.8 Å². The lowest BCUT2D eigenvalue weighted by Gasteiger charge is -2.26. The first-order valence-corrected chi connectivity index (χ1v) is 13.7. The molecule has 0 unspecified atom stereocenters. The summed E-state index contributed by atoms with van der Waals surface area (Å²) in [6.45, 7) is 3.70. The van der Waals surface area contributed by atoms with Crippen LogP contribution in [-0.4, -0.2) is 104 Å². The van der Waals surface area contributed by atoms with Gasteiger partial charge in [-0.05, 0) is 23.3 Å². The number of para-hydroxylation sites is 1. The molecule has 12 heteroatoms. The molecule has 0 aliphatic carbocycles. The highest BCUT2D eigenvalue weighted by Crippen LogP contribution is 2.19. The van der Waals surface area contributed by atoms with Crippen molar-refractivity contribution in [2.24, 2.45) is 0 Å². The van der Waals surface area contributed by atoms with Crippen LogP contribution in [0.1, 0.15) is 27.9 Å². The molecule has 2 aromatic carbocycles. The number of aliphatic hydroxyl groups excluding tert-OH is 1. The standard InChI is InChI=1S/C29H37N5O7/c1-33-9-14-41-25-8-3-2-7-22(25)27(37)32-23(16-26(36)31-24(19-35)29(33)39)28(38)30-17-20-5-4-6-21(15-20)18-34-10-12-40-13-11-34/h2-8,15,23-24,35H,9-14,16-19H2,1H3,(H,30,38)(H,31,36)(H,32,37)/t23-,24-/m0/s1. The summed E-state index contributed by atoms with van der Waals surface area (Å²) in [5, 5.41) is 17.7. The van der Waals surface area contributed by atoms with E-state index >= 15 is 0 Å². The van der Waals surface area contributed by atoms with Gasteiger partial charge >= 0.3 is 0 Å². The highest BCUT2D eigenvalue weighted by Gasteiger charge is 2.29. The first-order chi connectivity index (χ1) is 19.8. The van der Waals surface area contributed by atoms with E-state index in [-0.39, 0.29) is 31.0 Å². The summed E-state index contributed by atoms with van der Waals surface area (Å²) in [5.41, 5.74) is 2.17. The third kappa shape index (κ3) is 8.49. The summed E-state index contributed by atoms with van der Waals surface area (Å²) in [4.78, 5) is 55.8. The Labute approximate surface area is 239 Å². The lowest BCUT2D eigenvalue weighted by molar-refractivity contribution is -0.137. The number of aliphatic hydroxyl groups is 1. The molecule has 220 valence electrons. The van der Waals surface area contributed by atoms with Crippen molar-refractivity contribution in [1.29, 1.82) is 0 Å². The maximum Gasteiger partial charge on any atom is 0.255 e. The van der Waals surface area contributed by atoms with Gasteiger partial charge in [-0.1, -0.05) is 36.4 Å². The van der Waals surface area contributed by atoms with Crippen molar-refractivity contribution >= 4 is 23.6 Å². The minimum atomic E-state index is -1.25. The van der Waals surface area contributed by atoms with E-state index in [1.807, 2.05) is 24.3 Å². The molecule has 0 radical (unpaired) electrons. The first kappa shape index (κ1) is 30.0. The van der Waals surface area contributed by atoms with Crippen LogP contribution >= 0.6 is 0 Å². The second kappa shape index (κ2) is 14.6. The van der Waals surface area contributed by atoms with Crippen molar-refractivity contribution in [3.63, 3.8) is 0 Å². The van der Waals surface area contributed by atoms with Gasteiger partial charge in [-0.3, -0.25) is 24.1 Å². The van der Waals surface area contributed by atoms with Crippen molar-refractivity contribution in [3.8, 4) is 5.75 Å². The van der Waals surface area contributed by atoms with Gasteiger partial charge in [0.1, 0.15) is 24.4 Å². The largest absolute Gasteiger partial charge is 0.491 e. The van der Waals surface area contributed by atoms with Crippen molar-refractivity contribution in [1.82, 2.24) is 25.8 Å². The van der Waals surface area contributed by atoms with E-state index in [0.29, 0.717) is 13.2 Å². The Morgan fingerprint density at radius 3 is 2.54 bits per heavy atom. The molecular formula is C29H37N5O7. The lowest BCUT2D eigenvalue weighted by Crippen LogP contribution is -2.53. The molecule has 1 saturated heterocycles. The van der Waals surface area contributed by atoms with Gasteiger partial charge in [0, 0.05) is 33.2 Å². The minimum absolute atomic E-state index is 0.0765. The summed E-state index contributed by atoms with van der Waals surface area (Å²) in [7, 11) is 1.52. The molecule has 4 amide bonds. The van der Waals surface area contributed by atoms with Crippen LogP contribution in [0.3, 0.4) is 0 Å². The zero-order valence-corrected chi connectivity index (χ0v) is 23.1. The van der Waals surface area contributed by atoms with Crippen LogP contribution in [0.15, 0.2) is 48.5 Å². The molecule has 2 atom stereocenters. The third-order valence-electron chi connectivity index (χ3n) is 6.99. The van der Waals surface area contributed by atoms with Gasteiger partial charge in [0.2, 0.25) is 17.7 Å². The summed E-state index contributed by atoms with van der Waals surface area (Å²) in [5.74, 6) is -2.04. The van der Waals surface area contributed by atoms with Crippen molar-refractivity contribution in [3.05, 3.63) is 65.2 Å². The predicted molar refractivity (Wildman–Crippen MR) is 149 cm³/mol. The van der Waals surface area contributed by atoms with Gasteiger partial charge < -0.3 is 35.4 Å². The maximum atomic E-state index is 13.3. The summed E-state index contributed by atoms with van der Waals surface area (Å²) >= 11 is 0. The highest BCUT2D eigenvalue weighted by atomic mass is 16.5. The summed E-state index contributed by atoms with van der Waals surface area (Å²) < 4.78 is 11.2. The predicted octanol–water partition coefficient (Wildman–Crippen LogP) is -0.348. The average molecular weight is 568 g/mol. The number of carbonyl (C=O) groups is 4. The van der Waals surface area contributed by atoms with Crippen LogP contribution in [-0.2, 0) is 32.2 Å². The molecule has 2 aliphatic rings. The Balaban J connectivity index is 1.49. The smallest absolute Gasteiger partial charge is 0.255 e. The monoisotopic (exact) mass is 567 g/mol. The number of ether oxygens (including phenoxy) is 2. The van der Waals surface area contributed by atoms with Gasteiger partial charge in [-0.15, -0.1) is 0 Å². The number of rotatable bonds is 6. The number of morpholine rings is 1. The van der Waals surface area contributed by atoms with Gasteiger partial charge in [-0.2, -0.15) is 0 Å². The number of likely N-dealkylation sites (N-methyl/N-ethyl adjacent to an activating group) is 1. The average Bonchev–Trinajstić information content (AvgIpc) is 2.98. The van der Waals surface area contributed by atoms with E-state index in [1.165, 1.54) is 11.9 Å². The van der Waals surface area contributed by atoms with Crippen LogP contribution in [0.25, 0.3) is 0 Å². The van der Waals surface area contributed by atoms with Gasteiger partial charge in [-0.25, -0.2) is 0 Å². The van der Waals surface area contributed by atoms with E-state index < -0.39 is 48.7 Å². The van der Waals surface area contributed by atoms with E-state index in [1.54, 1.807) is 24.3 Å². The summed E-state index contributed by atoms with van der Waals surface area (Å²) in [6.07, 6.45) is -0.439. The number of carbonyl (C=O) groups excluding carboxylic acids is 4. The summed E-state index contributed by atoms with van der Waals surface area (Å²) in [6, 6.07) is 12.0. The Kier molecular flexibility index (Phi) is 10.7. The fraction of sp³-hybridized carbons (Fsp3) is 0.448. The number of benzene rings is 2. The Bertz CT molecular complexity index is 1230. The maximum absolute atomic E-state index is 13.3. The molecule has 4 N–H and O–H groups in total. The number of hydrogen-bond donors (Lipinski definition) is 4. The lowest BCUT2D eigenvalue weighted by atomic mass is 10.1. The number of nitrogens with zero attached hydrogens (tertiary/aromatic N) is 2. The Morgan fingerprint density at radius 1 is 1.00 bits per heavy atom. The molecule has 2 heterocycles. The van der Waals surface area contributed by atoms with Crippen LogP contribution in [0, 0.1) is 0 Å². The highest BCUT2D eigenvalue weighted by molar-refractivity contribution is 6.01. The molecule has 2 aromatic rings. The fourth-order valence-corrected chi connectivity index (χ4v) is 4.69. The van der Waals surface area contributed by atoms with Gasteiger partial charge in [0.15, 0.2) is 0 Å². The zero-order chi connectivity index (χ0) is 29.2. The minimum Gasteiger partial charge on any atom is -0.491 e. The van der Waals surface area contributed by atoms with Crippen LogP contribution in [0.2, 0.25) is 0 Å². The second-order valence-electron chi connectivity index (χ2n) is 10.1. The van der Waals surface area contributed by atoms with E-state index in [4.69, 9.17) is 9.47 Å². The Morgan fingerprint density at radius 2 is 1.76 bits per heavy atom. The van der Waals surface area contributed by atoms with Crippen molar-refractivity contribution in [2.75, 3.05) is 53.1 Å². The number of nitrogens with one attached hydrogen (secondary N) is 3. The topological polar surface area (TPSA) is 150 Å². The molecule has 1 fully saturated rings. The molecular weight excluding hydrogens is 530 g/mol. The van der Waals surface area contributed by atoms with Crippen LogP contribution in [0.4, 0.5) is 0 Å². The molecule has 4 rings (SSSR count). The SMILES string of the molecule is CN1CCOc2ccccc2C(=O)N[C@H](C(=O)NCc2cccc(CN3CCOCC3)c2)CC(=O)N[C@@H](CO)C1=O. The molecule has 41 heavy (non-hydrogen) atoms.